The Morgan fingerprint density at radius 3 is 2.56 bits per heavy atom. The van der Waals surface area contributed by atoms with Gasteiger partial charge in [0, 0.05) is 11.9 Å². The maximum atomic E-state index is 11.0. The Morgan fingerprint density at radius 2 is 2.00 bits per heavy atom. The van der Waals surface area contributed by atoms with E-state index in [0.29, 0.717) is 22.9 Å². The number of aryl methyl sites for hydroxylation is 2. The molecule has 0 fully saturated rings. The number of rotatable bonds is 4. The molecule has 0 N–H and O–H groups in total. The summed E-state index contributed by atoms with van der Waals surface area (Å²) in [6.07, 6.45) is 2.79. The van der Waals surface area contributed by atoms with E-state index in [2.05, 4.69) is 5.10 Å². The first-order valence-electron chi connectivity index (χ1n) is 5.46. The van der Waals surface area contributed by atoms with Crippen molar-refractivity contribution in [2.75, 3.05) is 6.26 Å². The van der Waals surface area contributed by atoms with Gasteiger partial charge < -0.3 is 4.74 Å². The number of aromatic nitrogens is 2. The first kappa shape index (κ1) is 12.7. The summed E-state index contributed by atoms with van der Waals surface area (Å²) in [5.74, 6) is 1.17. The van der Waals surface area contributed by atoms with Crippen LogP contribution in [0.15, 0.2) is 29.2 Å². The minimum absolute atomic E-state index is 0.472. The molecule has 18 heavy (non-hydrogen) atoms. The minimum Gasteiger partial charge on any atom is -0.439 e. The van der Waals surface area contributed by atoms with Gasteiger partial charge in [-0.2, -0.15) is 5.10 Å². The lowest BCUT2D eigenvalue weighted by Crippen LogP contribution is -1.96. The number of benzene rings is 1. The fourth-order valence-electron chi connectivity index (χ4n) is 1.67. The number of thioether (sulfide) groups is 1. The van der Waals surface area contributed by atoms with Crippen LogP contribution in [0.1, 0.15) is 16.1 Å². The summed E-state index contributed by atoms with van der Waals surface area (Å²) in [5, 5.41) is 4.17. The number of hydrogen-bond acceptors (Lipinski definition) is 4. The topological polar surface area (TPSA) is 44.1 Å². The second kappa shape index (κ2) is 5.27. The van der Waals surface area contributed by atoms with Gasteiger partial charge in [-0.25, -0.2) is 4.68 Å². The summed E-state index contributed by atoms with van der Waals surface area (Å²) in [6.45, 7) is 1.79. The van der Waals surface area contributed by atoms with Crippen LogP contribution >= 0.6 is 11.8 Å². The molecule has 0 amide bonds. The van der Waals surface area contributed by atoms with E-state index >= 15 is 0 Å². The maximum Gasteiger partial charge on any atom is 0.228 e. The molecule has 2 rings (SSSR count). The summed E-state index contributed by atoms with van der Waals surface area (Å²) < 4.78 is 7.28. The van der Waals surface area contributed by atoms with Crippen molar-refractivity contribution < 1.29 is 9.53 Å². The van der Waals surface area contributed by atoms with Crippen molar-refractivity contribution >= 4 is 18.0 Å². The first-order chi connectivity index (χ1) is 8.65. The second-order valence-corrected chi connectivity index (χ2v) is 4.70. The molecule has 0 radical (unpaired) electrons. The molecule has 4 nitrogen and oxygen atoms in total. The quantitative estimate of drug-likeness (QED) is 0.627. The summed E-state index contributed by atoms with van der Waals surface area (Å²) in [7, 11) is 1.76. The highest BCUT2D eigenvalue weighted by molar-refractivity contribution is 7.98. The molecule has 94 valence electrons. The van der Waals surface area contributed by atoms with Gasteiger partial charge in [-0.3, -0.25) is 4.79 Å². The van der Waals surface area contributed by atoms with Crippen LogP contribution < -0.4 is 4.74 Å². The van der Waals surface area contributed by atoms with Crippen LogP contribution in [-0.4, -0.2) is 22.3 Å². The summed E-state index contributed by atoms with van der Waals surface area (Å²) in [6, 6.07) is 7.71. The number of carbonyl (C=O) groups excluding carboxylic acids is 1. The van der Waals surface area contributed by atoms with E-state index in [1.165, 1.54) is 4.90 Å². The molecule has 0 spiro atoms. The molecule has 0 saturated heterocycles. The van der Waals surface area contributed by atoms with Gasteiger partial charge in [-0.05, 0) is 37.4 Å². The van der Waals surface area contributed by atoms with Crippen molar-refractivity contribution in [3.05, 3.63) is 35.5 Å². The molecule has 1 heterocycles. The van der Waals surface area contributed by atoms with Crippen molar-refractivity contribution in [3.63, 3.8) is 0 Å². The van der Waals surface area contributed by atoms with E-state index < -0.39 is 0 Å². The molecule has 0 aliphatic heterocycles. The lowest BCUT2D eigenvalue weighted by molar-refractivity contribution is 0.112. The zero-order valence-electron chi connectivity index (χ0n) is 10.5. The van der Waals surface area contributed by atoms with Gasteiger partial charge in [0.05, 0.1) is 11.3 Å². The van der Waals surface area contributed by atoms with Gasteiger partial charge in [0.15, 0.2) is 6.29 Å². The average Bonchev–Trinajstić information content (AvgIpc) is 2.64. The molecule has 1 aromatic heterocycles. The lowest BCUT2D eigenvalue weighted by Gasteiger charge is -2.06. The Labute approximate surface area is 110 Å². The van der Waals surface area contributed by atoms with Crippen LogP contribution in [0.25, 0.3) is 0 Å². The molecule has 1 aromatic carbocycles. The Morgan fingerprint density at radius 1 is 1.33 bits per heavy atom. The fraction of sp³-hybridized carbons (Fsp3) is 0.231. The zero-order valence-corrected chi connectivity index (χ0v) is 11.3. The van der Waals surface area contributed by atoms with Crippen LogP contribution in [0.4, 0.5) is 0 Å². The minimum atomic E-state index is 0.472. The maximum absolute atomic E-state index is 11.0. The van der Waals surface area contributed by atoms with Crippen LogP contribution in [0.5, 0.6) is 11.6 Å². The van der Waals surface area contributed by atoms with E-state index in [1.807, 2.05) is 30.5 Å². The van der Waals surface area contributed by atoms with Gasteiger partial charge in [0.25, 0.3) is 0 Å². The highest BCUT2D eigenvalue weighted by Gasteiger charge is 2.14. The normalized spacial score (nSPS) is 10.4. The number of hydrogen-bond donors (Lipinski definition) is 0. The SMILES string of the molecule is CSc1ccc(Oc2c(C=O)c(C)nn2C)cc1. The predicted molar refractivity (Wildman–Crippen MR) is 71.6 cm³/mol. The third kappa shape index (κ3) is 2.41. The summed E-state index contributed by atoms with van der Waals surface area (Å²) >= 11 is 1.67. The number of carbonyl (C=O) groups is 1. The van der Waals surface area contributed by atoms with Crippen LogP contribution in [0.3, 0.4) is 0 Å². The molecule has 0 saturated carbocycles. The third-order valence-corrected chi connectivity index (χ3v) is 3.35. The Hall–Kier alpha value is -1.75. The first-order valence-corrected chi connectivity index (χ1v) is 6.69. The summed E-state index contributed by atoms with van der Waals surface area (Å²) in [4.78, 5) is 12.2. The van der Waals surface area contributed by atoms with Gasteiger partial charge >= 0.3 is 0 Å². The van der Waals surface area contributed by atoms with E-state index in [1.54, 1.807) is 30.4 Å². The van der Waals surface area contributed by atoms with Gasteiger partial charge in [-0.1, -0.05) is 0 Å². The number of aldehydes is 1. The molecule has 2 aromatic rings. The summed E-state index contributed by atoms with van der Waals surface area (Å²) in [5.41, 5.74) is 1.16. The van der Waals surface area contributed by atoms with Crippen molar-refractivity contribution in [2.45, 2.75) is 11.8 Å². The predicted octanol–water partition coefficient (Wildman–Crippen LogP) is 3.06. The molecule has 0 aliphatic rings. The molecule has 0 atom stereocenters. The zero-order chi connectivity index (χ0) is 13.1. The van der Waals surface area contributed by atoms with Gasteiger partial charge in [0.2, 0.25) is 5.88 Å². The van der Waals surface area contributed by atoms with Crippen molar-refractivity contribution in [1.82, 2.24) is 9.78 Å². The molecular formula is C13H14N2O2S. The van der Waals surface area contributed by atoms with E-state index in [-0.39, 0.29) is 0 Å². The van der Waals surface area contributed by atoms with Crippen LogP contribution in [0.2, 0.25) is 0 Å². The van der Waals surface area contributed by atoms with Crippen LogP contribution in [0, 0.1) is 6.92 Å². The molecule has 5 heteroatoms. The van der Waals surface area contributed by atoms with Crippen LogP contribution in [-0.2, 0) is 7.05 Å². The Kier molecular flexibility index (Phi) is 3.72. The molecule has 0 unspecified atom stereocenters. The van der Waals surface area contributed by atoms with Crippen molar-refractivity contribution in [1.29, 1.82) is 0 Å². The standard InChI is InChI=1S/C13H14N2O2S/c1-9-12(8-16)13(15(2)14-9)17-10-4-6-11(18-3)7-5-10/h4-8H,1-3H3. The van der Waals surface area contributed by atoms with Gasteiger partial charge in [-0.15, -0.1) is 11.8 Å². The highest BCUT2D eigenvalue weighted by atomic mass is 32.2. The number of ether oxygens (including phenoxy) is 1. The van der Waals surface area contributed by atoms with E-state index in [0.717, 1.165) is 6.29 Å². The third-order valence-electron chi connectivity index (χ3n) is 2.61. The molecule has 0 aliphatic carbocycles. The lowest BCUT2D eigenvalue weighted by atomic mass is 10.3. The van der Waals surface area contributed by atoms with E-state index in [4.69, 9.17) is 4.74 Å². The second-order valence-electron chi connectivity index (χ2n) is 3.82. The van der Waals surface area contributed by atoms with Crippen molar-refractivity contribution in [3.8, 4) is 11.6 Å². The monoisotopic (exact) mass is 262 g/mol. The molecule has 0 bridgehead atoms. The Balaban J connectivity index is 2.30. The van der Waals surface area contributed by atoms with Gasteiger partial charge in [0.1, 0.15) is 5.75 Å². The fourth-order valence-corrected chi connectivity index (χ4v) is 2.07. The number of nitrogens with zero attached hydrogens (tertiary/aromatic N) is 2. The Bertz CT molecular complexity index is 561. The van der Waals surface area contributed by atoms with E-state index in [9.17, 15) is 4.79 Å². The van der Waals surface area contributed by atoms with Crippen molar-refractivity contribution in [2.24, 2.45) is 7.05 Å². The largest absolute Gasteiger partial charge is 0.439 e. The smallest absolute Gasteiger partial charge is 0.228 e. The molecular weight excluding hydrogens is 248 g/mol. The average molecular weight is 262 g/mol. The highest BCUT2D eigenvalue weighted by Crippen LogP contribution is 2.27.